The fourth-order valence-electron chi connectivity index (χ4n) is 2.18. The van der Waals surface area contributed by atoms with Crippen molar-refractivity contribution in [2.75, 3.05) is 11.5 Å². The maximum atomic E-state index is 12.6. The van der Waals surface area contributed by atoms with Gasteiger partial charge in [0.25, 0.3) is 5.91 Å². The van der Waals surface area contributed by atoms with E-state index in [0.717, 1.165) is 17.2 Å². The average molecular weight is 357 g/mol. The van der Waals surface area contributed by atoms with E-state index in [2.05, 4.69) is 0 Å². The number of amides is 1. The Labute approximate surface area is 149 Å². The number of hydrogen-bond acceptors (Lipinski definition) is 5. The van der Waals surface area contributed by atoms with Gasteiger partial charge in [-0.3, -0.25) is 9.69 Å². The summed E-state index contributed by atoms with van der Waals surface area (Å²) in [6, 6.07) is 11.0. The van der Waals surface area contributed by atoms with Crippen molar-refractivity contribution in [3.63, 3.8) is 0 Å². The van der Waals surface area contributed by atoms with Gasteiger partial charge in [0.2, 0.25) is 0 Å². The molecular weight excluding hydrogens is 342 g/mol. The van der Waals surface area contributed by atoms with E-state index in [-0.39, 0.29) is 5.91 Å². The predicted octanol–water partition coefficient (Wildman–Crippen LogP) is 4.64. The summed E-state index contributed by atoms with van der Waals surface area (Å²) in [5.74, 6) is 1.37. The standard InChI is InChI=1S/C18H15NO3S2/c1-2-21-15-10-8-13(9-11-15)19-17(20)16(24-18(19)23)7-3-5-14-6-4-12-22-14/h3-12H,2H2,1H3/b5-3+,16-7+. The second-order valence-corrected chi connectivity index (χ2v) is 6.52. The van der Waals surface area contributed by atoms with Crippen molar-refractivity contribution in [3.05, 3.63) is 65.5 Å². The van der Waals surface area contributed by atoms with Crippen LogP contribution in [0.3, 0.4) is 0 Å². The number of thiocarbonyl (C=S) groups is 1. The number of carbonyl (C=O) groups excluding carboxylic acids is 1. The molecule has 1 amide bonds. The van der Waals surface area contributed by atoms with E-state index in [1.165, 1.54) is 16.7 Å². The number of allylic oxidation sites excluding steroid dienone is 2. The highest BCUT2D eigenvalue weighted by Crippen LogP contribution is 2.35. The number of thioether (sulfide) groups is 1. The van der Waals surface area contributed by atoms with E-state index in [0.29, 0.717) is 15.8 Å². The summed E-state index contributed by atoms with van der Waals surface area (Å²) in [5.41, 5.74) is 0.736. The van der Waals surface area contributed by atoms with Gasteiger partial charge in [0.15, 0.2) is 4.32 Å². The quantitative estimate of drug-likeness (QED) is 0.576. The molecule has 0 aliphatic carbocycles. The molecule has 2 aromatic rings. The van der Waals surface area contributed by atoms with Gasteiger partial charge in [-0.25, -0.2) is 0 Å². The second kappa shape index (κ2) is 7.51. The zero-order valence-corrected chi connectivity index (χ0v) is 14.6. The summed E-state index contributed by atoms with van der Waals surface area (Å²) in [6.45, 7) is 2.53. The molecule has 2 heterocycles. The van der Waals surface area contributed by atoms with Gasteiger partial charge in [-0.2, -0.15) is 0 Å². The largest absolute Gasteiger partial charge is 0.494 e. The first-order chi connectivity index (χ1) is 11.7. The molecular formula is C18H15NO3S2. The number of rotatable bonds is 5. The molecule has 24 heavy (non-hydrogen) atoms. The highest BCUT2D eigenvalue weighted by molar-refractivity contribution is 8.27. The summed E-state index contributed by atoms with van der Waals surface area (Å²) < 4.78 is 11.1. The normalized spacial score (nSPS) is 16.5. The smallest absolute Gasteiger partial charge is 0.270 e. The second-order valence-electron chi connectivity index (χ2n) is 4.84. The third-order valence-electron chi connectivity index (χ3n) is 3.25. The molecule has 0 saturated carbocycles. The van der Waals surface area contributed by atoms with E-state index in [1.54, 1.807) is 24.5 Å². The van der Waals surface area contributed by atoms with E-state index in [4.69, 9.17) is 21.4 Å². The molecule has 4 nitrogen and oxygen atoms in total. The van der Waals surface area contributed by atoms with Crippen LogP contribution < -0.4 is 9.64 Å². The maximum absolute atomic E-state index is 12.6. The number of carbonyl (C=O) groups is 1. The number of furan rings is 1. The summed E-state index contributed by atoms with van der Waals surface area (Å²) >= 11 is 6.63. The van der Waals surface area contributed by atoms with E-state index >= 15 is 0 Å². The van der Waals surface area contributed by atoms with Gasteiger partial charge < -0.3 is 9.15 Å². The minimum atomic E-state index is -0.127. The first-order valence-electron chi connectivity index (χ1n) is 7.40. The zero-order chi connectivity index (χ0) is 16.9. The number of ether oxygens (including phenoxy) is 1. The van der Waals surface area contributed by atoms with Gasteiger partial charge in [0.1, 0.15) is 11.5 Å². The molecule has 0 atom stereocenters. The fraction of sp³-hybridized carbons (Fsp3) is 0.111. The van der Waals surface area contributed by atoms with Crippen molar-refractivity contribution in [1.82, 2.24) is 0 Å². The van der Waals surface area contributed by atoms with Crippen molar-refractivity contribution in [2.24, 2.45) is 0 Å². The van der Waals surface area contributed by atoms with Crippen LogP contribution in [0.15, 0.2) is 64.1 Å². The summed E-state index contributed by atoms with van der Waals surface area (Å²) in [4.78, 5) is 14.7. The van der Waals surface area contributed by atoms with E-state index in [1.807, 2.05) is 43.3 Å². The lowest BCUT2D eigenvalue weighted by Crippen LogP contribution is -2.27. The first-order valence-corrected chi connectivity index (χ1v) is 8.62. The number of benzene rings is 1. The third kappa shape index (κ3) is 3.60. The summed E-state index contributed by atoms with van der Waals surface area (Å²) in [6.07, 6.45) is 6.92. The van der Waals surface area contributed by atoms with Gasteiger partial charge in [0, 0.05) is 0 Å². The number of nitrogens with zero attached hydrogens (tertiary/aromatic N) is 1. The van der Waals surface area contributed by atoms with Gasteiger partial charge in [-0.15, -0.1) is 0 Å². The molecule has 3 rings (SSSR count). The Morgan fingerprint density at radius 3 is 2.75 bits per heavy atom. The molecule has 0 N–H and O–H groups in total. The molecule has 1 aliphatic heterocycles. The lowest BCUT2D eigenvalue weighted by Gasteiger charge is -2.15. The van der Waals surface area contributed by atoms with Crippen LogP contribution >= 0.6 is 24.0 Å². The molecule has 0 radical (unpaired) electrons. The van der Waals surface area contributed by atoms with Crippen molar-refractivity contribution < 1.29 is 13.9 Å². The monoisotopic (exact) mass is 357 g/mol. The summed E-state index contributed by atoms with van der Waals surface area (Å²) in [5, 5.41) is 0. The Morgan fingerprint density at radius 2 is 2.08 bits per heavy atom. The van der Waals surface area contributed by atoms with Crippen LogP contribution in [0.2, 0.25) is 0 Å². The SMILES string of the molecule is CCOc1ccc(N2C(=O)/C(=C\C=C\c3ccco3)SC2=S)cc1. The topological polar surface area (TPSA) is 42.7 Å². The molecule has 0 unspecified atom stereocenters. The molecule has 122 valence electrons. The Hall–Kier alpha value is -2.31. The highest BCUT2D eigenvalue weighted by Gasteiger charge is 2.32. The van der Waals surface area contributed by atoms with Crippen molar-refractivity contribution in [2.45, 2.75) is 6.92 Å². The molecule has 1 fully saturated rings. The zero-order valence-electron chi connectivity index (χ0n) is 13.0. The Morgan fingerprint density at radius 1 is 1.29 bits per heavy atom. The van der Waals surface area contributed by atoms with E-state index < -0.39 is 0 Å². The van der Waals surface area contributed by atoms with E-state index in [9.17, 15) is 4.79 Å². The lowest BCUT2D eigenvalue weighted by atomic mass is 10.2. The van der Waals surface area contributed by atoms with Crippen molar-refractivity contribution in [1.29, 1.82) is 0 Å². The average Bonchev–Trinajstić information content (AvgIpc) is 3.18. The fourth-order valence-corrected chi connectivity index (χ4v) is 3.43. The maximum Gasteiger partial charge on any atom is 0.270 e. The highest BCUT2D eigenvalue weighted by atomic mass is 32.2. The van der Waals surface area contributed by atoms with Crippen molar-refractivity contribution >= 4 is 46.0 Å². The van der Waals surface area contributed by atoms with Gasteiger partial charge in [0.05, 0.1) is 23.5 Å². The Balaban J connectivity index is 1.76. The molecule has 6 heteroatoms. The van der Waals surface area contributed by atoms with Crippen LogP contribution in [0.4, 0.5) is 5.69 Å². The van der Waals surface area contributed by atoms with Crippen LogP contribution in [0.5, 0.6) is 5.75 Å². The molecule has 0 spiro atoms. The van der Waals surface area contributed by atoms with Crippen molar-refractivity contribution in [3.8, 4) is 5.75 Å². The molecule has 1 aromatic carbocycles. The number of hydrogen-bond donors (Lipinski definition) is 0. The lowest BCUT2D eigenvalue weighted by molar-refractivity contribution is -0.113. The molecule has 1 aromatic heterocycles. The summed E-state index contributed by atoms with van der Waals surface area (Å²) in [7, 11) is 0. The first kappa shape index (κ1) is 16.5. The van der Waals surface area contributed by atoms with Gasteiger partial charge >= 0.3 is 0 Å². The predicted molar refractivity (Wildman–Crippen MR) is 101 cm³/mol. The van der Waals surface area contributed by atoms with Crippen LogP contribution in [-0.2, 0) is 4.79 Å². The number of anilines is 1. The molecule has 1 saturated heterocycles. The van der Waals surface area contributed by atoms with Crippen LogP contribution in [-0.4, -0.2) is 16.8 Å². The third-order valence-corrected chi connectivity index (χ3v) is 4.57. The minimum absolute atomic E-state index is 0.127. The van der Waals surface area contributed by atoms with Crippen LogP contribution in [0.1, 0.15) is 12.7 Å². The Kier molecular flexibility index (Phi) is 5.17. The van der Waals surface area contributed by atoms with Gasteiger partial charge in [-0.1, -0.05) is 30.1 Å². The molecule has 1 aliphatic rings. The Bertz CT molecular complexity index is 792. The van der Waals surface area contributed by atoms with Crippen LogP contribution in [0.25, 0.3) is 6.08 Å². The van der Waals surface area contributed by atoms with Gasteiger partial charge in [-0.05, 0) is 55.5 Å². The molecule has 0 bridgehead atoms. The minimum Gasteiger partial charge on any atom is -0.494 e. The van der Waals surface area contributed by atoms with Crippen LogP contribution in [0, 0.1) is 0 Å².